The maximum atomic E-state index is 14.3. The number of H-pyrrole nitrogens is 1. The summed E-state index contributed by atoms with van der Waals surface area (Å²) in [4.78, 5) is 23.8. The summed E-state index contributed by atoms with van der Waals surface area (Å²) >= 11 is 6.04. The van der Waals surface area contributed by atoms with Crippen molar-refractivity contribution in [3.05, 3.63) is 88.7 Å². The molecule has 1 fully saturated rings. The van der Waals surface area contributed by atoms with Gasteiger partial charge in [0.1, 0.15) is 11.6 Å². The molecule has 2 aromatic carbocycles. The Labute approximate surface area is 193 Å². The highest BCUT2D eigenvalue weighted by Crippen LogP contribution is 2.42. The molecule has 1 amide bonds. The van der Waals surface area contributed by atoms with Crippen molar-refractivity contribution in [2.24, 2.45) is 0 Å². The van der Waals surface area contributed by atoms with Gasteiger partial charge in [-0.3, -0.25) is 4.79 Å². The molecule has 3 aromatic rings. The van der Waals surface area contributed by atoms with Crippen LogP contribution in [0.2, 0.25) is 5.02 Å². The minimum absolute atomic E-state index is 0.0988. The number of hydrogen-bond donors (Lipinski definition) is 1. The van der Waals surface area contributed by atoms with Gasteiger partial charge in [0.05, 0.1) is 11.5 Å². The molecule has 1 aromatic heterocycles. The molecule has 0 saturated heterocycles. The van der Waals surface area contributed by atoms with Crippen molar-refractivity contribution in [3.63, 3.8) is 0 Å². The molecule has 0 spiro atoms. The zero-order valence-corrected chi connectivity index (χ0v) is 19.1. The quantitative estimate of drug-likeness (QED) is 0.460. The molecule has 4 rings (SSSR count). The Morgan fingerprint density at radius 3 is 2.44 bits per heavy atom. The number of nitrogens with zero attached hydrogens (tertiary/aromatic N) is 2. The molecule has 32 heavy (non-hydrogen) atoms. The molecule has 1 saturated carbocycles. The van der Waals surface area contributed by atoms with E-state index in [2.05, 4.69) is 9.97 Å². The second-order valence-corrected chi connectivity index (χ2v) is 9.11. The molecule has 168 valence electrons. The number of carbonyl (C=O) groups is 1. The summed E-state index contributed by atoms with van der Waals surface area (Å²) in [7, 11) is 0. The van der Waals surface area contributed by atoms with Gasteiger partial charge in [0.2, 0.25) is 5.91 Å². The summed E-state index contributed by atoms with van der Waals surface area (Å²) in [6.07, 6.45) is 8.86. The Bertz CT molecular complexity index is 1010. The van der Waals surface area contributed by atoms with Crippen molar-refractivity contribution in [3.8, 4) is 0 Å². The minimum atomic E-state index is -0.632. The van der Waals surface area contributed by atoms with Gasteiger partial charge in [-0.1, -0.05) is 55.1 Å². The zero-order chi connectivity index (χ0) is 22.6. The number of hydrogen-bond acceptors (Lipinski definition) is 2. The lowest BCUT2D eigenvalue weighted by molar-refractivity contribution is -0.141. The second-order valence-electron chi connectivity index (χ2n) is 8.68. The topological polar surface area (TPSA) is 49.0 Å². The first-order valence-electron chi connectivity index (χ1n) is 11.3. The Morgan fingerprint density at radius 1 is 1.12 bits per heavy atom. The van der Waals surface area contributed by atoms with E-state index in [1.165, 1.54) is 12.1 Å². The fourth-order valence-electron chi connectivity index (χ4n) is 4.85. The van der Waals surface area contributed by atoms with E-state index in [0.717, 1.165) is 49.1 Å². The van der Waals surface area contributed by atoms with Gasteiger partial charge in [-0.25, -0.2) is 9.37 Å². The lowest BCUT2D eigenvalue weighted by atomic mass is 9.68. The monoisotopic (exact) mass is 453 g/mol. The molecular weight excluding hydrogens is 425 g/mol. The predicted octanol–water partition coefficient (Wildman–Crippen LogP) is 6.24. The number of halogens is 2. The molecular formula is C26H29ClFN3O. The third kappa shape index (κ3) is 4.73. The summed E-state index contributed by atoms with van der Waals surface area (Å²) in [6, 6.07) is 14.0. The van der Waals surface area contributed by atoms with E-state index in [4.69, 9.17) is 11.6 Å². The molecule has 1 unspecified atom stereocenters. The van der Waals surface area contributed by atoms with Gasteiger partial charge in [-0.2, -0.15) is 0 Å². The summed E-state index contributed by atoms with van der Waals surface area (Å²) in [6.45, 7) is 2.57. The summed E-state index contributed by atoms with van der Waals surface area (Å²) < 4.78 is 13.7. The third-order valence-corrected chi connectivity index (χ3v) is 6.96. The highest BCUT2D eigenvalue weighted by Gasteiger charge is 2.44. The third-order valence-electron chi connectivity index (χ3n) is 6.71. The molecule has 0 bridgehead atoms. The largest absolute Gasteiger partial charge is 0.347 e. The van der Waals surface area contributed by atoms with Crippen LogP contribution in [0.3, 0.4) is 0 Å². The van der Waals surface area contributed by atoms with Crippen LogP contribution < -0.4 is 0 Å². The molecule has 6 heteroatoms. The van der Waals surface area contributed by atoms with E-state index in [9.17, 15) is 9.18 Å². The Balaban J connectivity index is 1.67. The normalized spacial score (nSPS) is 16.5. The van der Waals surface area contributed by atoms with Crippen LogP contribution in [0.5, 0.6) is 0 Å². The van der Waals surface area contributed by atoms with Crippen LogP contribution in [0.4, 0.5) is 4.39 Å². The van der Waals surface area contributed by atoms with Crippen LogP contribution >= 0.6 is 11.6 Å². The van der Waals surface area contributed by atoms with Crippen LogP contribution in [0.15, 0.2) is 60.9 Å². The molecule has 4 nitrogen and oxygen atoms in total. The maximum absolute atomic E-state index is 14.3. The highest BCUT2D eigenvalue weighted by atomic mass is 35.5. The van der Waals surface area contributed by atoms with Crippen LogP contribution in [-0.4, -0.2) is 27.3 Å². The van der Waals surface area contributed by atoms with E-state index in [1.807, 2.05) is 36.1 Å². The van der Waals surface area contributed by atoms with Gasteiger partial charge >= 0.3 is 0 Å². The standard InChI is InChI=1S/C26H29ClFN3O/c1-19(24-29-16-17-30-24)31(18-13-20-5-9-22(27)10-6-20)25(32)26(14-3-2-4-15-26)21-7-11-23(28)12-8-21/h5-12,16-17,19H,2-4,13-15,18H2,1H3,(H,29,30). The van der Waals surface area contributed by atoms with Crippen molar-refractivity contribution < 1.29 is 9.18 Å². The van der Waals surface area contributed by atoms with Crippen LogP contribution in [-0.2, 0) is 16.6 Å². The van der Waals surface area contributed by atoms with Crippen molar-refractivity contribution in [1.82, 2.24) is 14.9 Å². The molecule has 1 aliphatic rings. The lowest BCUT2D eigenvalue weighted by Crippen LogP contribution is -2.49. The highest BCUT2D eigenvalue weighted by molar-refractivity contribution is 6.30. The first kappa shape index (κ1) is 22.5. The average Bonchev–Trinajstić information content (AvgIpc) is 3.36. The summed E-state index contributed by atoms with van der Waals surface area (Å²) in [5, 5.41) is 0.697. The Hall–Kier alpha value is -2.66. The van der Waals surface area contributed by atoms with E-state index < -0.39 is 5.41 Å². The van der Waals surface area contributed by atoms with Gasteiger partial charge in [-0.05, 0) is 61.6 Å². The summed E-state index contributed by atoms with van der Waals surface area (Å²) in [5.74, 6) is 0.580. The van der Waals surface area contributed by atoms with Gasteiger partial charge in [0.25, 0.3) is 0 Å². The second kappa shape index (κ2) is 9.86. The van der Waals surface area contributed by atoms with Crippen LogP contribution in [0.25, 0.3) is 0 Å². The first-order valence-corrected chi connectivity index (χ1v) is 11.7. The van der Waals surface area contributed by atoms with Crippen molar-refractivity contribution in [2.45, 2.75) is 56.9 Å². The molecule has 1 atom stereocenters. The fraction of sp³-hybridized carbons (Fsp3) is 0.385. The molecule has 0 aliphatic heterocycles. The smallest absolute Gasteiger partial charge is 0.233 e. The Kier molecular flexibility index (Phi) is 6.95. The number of aromatic amines is 1. The van der Waals surface area contributed by atoms with E-state index in [0.29, 0.717) is 18.0 Å². The maximum Gasteiger partial charge on any atom is 0.233 e. The van der Waals surface area contributed by atoms with Gasteiger partial charge in [-0.15, -0.1) is 0 Å². The number of carbonyl (C=O) groups excluding carboxylic acids is 1. The SMILES string of the molecule is CC(c1ncc[nH]1)N(CCc1ccc(Cl)cc1)C(=O)C1(c2ccc(F)cc2)CCCCC1. The minimum Gasteiger partial charge on any atom is -0.347 e. The average molecular weight is 454 g/mol. The molecule has 1 heterocycles. The van der Waals surface area contributed by atoms with E-state index >= 15 is 0 Å². The number of nitrogens with one attached hydrogen (secondary N) is 1. The van der Waals surface area contributed by atoms with Crippen LogP contribution in [0, 0.1) is 5.82 Å². The fourth-order valence-corrected chi connectivity index (χ4v) is 4.98. The number of aromatic nitrogens is 2. The lowest BCUT2D eigenvalue weighted by Gasteiger charge is -2.42. The van der Waals surface area contributed by atoms with Crippen LogP contribution in [0.1, 0.15) is 62.0 Å². The van der Waals surface area contributed by atoms with E-state index in [1.54, 1.807) is 24.5 Å². The van der Waals surface area contributed by atoms with Gasteiger partial charge in [0.15, 0.2) is 0 Å². The van der Waals surface area contributed by atoms with Crippen molar-refractivity contribution >= 4 is 17.5 Å². The summed E-state index contributed by atoms with van der Waals surface area (Å²) in [5.41, 5.74) is 1.40. The Morgan fingerprint density at radius 2 is 1.81 bits per heavy atom. The number of amides is 1. The zero-order valence-electron chi connectivity index (χ0n) is 18.4. The van der Waals surface area contributed by atoms with E-state index in [-0.39, 0.29) is 17.8 Å². The molecule has 0 radical (unpaired) electrons. The number of rotatable bonds is 7. The number of imidazole rings is 1. The van der Waals surface area contributed by atoms with Crippen molar-refractivity contribution in [2.75, 3.05) is 6.54 Å². The molecule has 1 aliphatic carbocycles. The predicted molar refractivity (Wildman–Crippen MR) is 125 cm³/mol. The van der Waals surface area contributed by atoms with Gasteiger partial charge in [0, 0.05) is 24.0 Å². The number of benzene rings is 2. The first-order chi connectivity index (χ1) is 15.5. The molecule has 1 N–H and O–H groups in total. The van der Waals surface area contributed by atoms with Crippen molar-refractivity contribution in [1.29, 1.82) is 0 Å². The van der Waals surface area contributed by atoms with Gasteiger partial charge < -0.3 is 9.88 Å².